The van der Waals surface area contributed by atoms with E-state index in [1.165, 1.54) is 11.3 Å². The summed E-state index contributed by atoms with van der Waals surface area (Å²) >= 11 is 7.44. The molecule has 0 radical (unpaired) electrons. The lowest BCUT2D eigenvalue weighted by atomic mass is 10.1. The molecule has 4 aromatic rings. The average molecular weight is 447 g/mol. The zero-order valence-corrected chi connectivity index (χ0v) is 18.1. The zero-order valence-electron chi connectivity index (χ0n) is 16.5. The summed E-state index contributed by atoms with van der Waals surface area (Å²) in [6.07, 6.45) is 0.251. The molecule has 1 heterocycles. The molecule has 4 nitrogen and oxygen atoms in total. The second-order valence-corrected chi connectivity index (χ2v) is 8.34. The highest BCUT2D eigenvalue weighted by Gasteiger charge is 2.17. The van der Waals surface area contributed by atoms with Crippen LogP contribution in [0.4, 0.5) is 5.13 Å². The van der Waals surface area contributed by atoms with Gasteiger partial charge in [-0.25, -0.2) is 4.98 Å². The third-order valence-corrected chi connectivity index (χ3v) is 5.97. The second-order valence-electron chi connectivity index (χ2n) is 6.91. The van der Waals surface area contributed by atoms with Crippen LogP contribution < -0.4 is 5.32 Å². The number of amides is 1. The Hall–Kier alpha value is -3.28. The number of benzene rings is 3. The fourth-order valence-corrected chi connectivity index (χ4v) is 4.27. The van der Waals surface area contributed by atoms with Crippen LogP contribution in [0.1, 0.15) is 23.2 Å². The Bertz CT molecular complexity index is 1190. The third kappa shape index (κ3) is 5.26. The number of hydrogen-bond donors (Lipinski definition) is 1. The number of carbonyl (C=O) groups is 2. The SMILES string of the molecule is O=C(CCC(=O)c1ccccc1)Nc1nc(-c2ccccc2)c(-c2ccc(Cl)cc2)s1. The Morgan fingerprint density at radius 2 is 1.45 bits per heavy atom. The molecule has 0 spiro atoms. The van der Waals surface area contributed by atoms with Gasteiger partial charge in [0.05, 0.1) is 10.6 Å². The normalized spacial score (nSPS) is 10.6. The van der Waals surface area contributed by atoms with Crippen LogP contribution in [0.5, 0.6) is 0 Å². The van der Waals surface area contributed by atoms with E-state index in [2.05, 4.69) is 10.3 Å². The smallest absolute Gasteiger partial charge is 0.226 e. The molecule has 1 N–H and O–H groups in total. The molecule has 0 aliphatic carbocycles. The second kappa shape index (κ2) is 9.69. The summed E-state index contributed by atoms with van der Waals surface area (Å²) in [7, 11) is 0. The molecule has 0 aliphatic heterocycles. The molecular weight excluding hydrogens is 428 g/mol. The number of Topliss-reactive ketones (excluding diaryl/α,β-unsaturated/α-hetero) is 1. The van der Waals surface area contributed by atoms with Gasteiger partial charge in [-0.1, -0.05) is 95.7 Å². The minimum atomic E-state index is -0.236. The maximum Gasteiger partial charge on any atom is 0.226 e. The summed E-state index contributed by atoms with van der Waals surface area (Å²) in [4.78, 5) is 30.3. The quantitative estimate of drug-likeness (QED) is 0.320. The van der Waals surface area contributed by atoms with Gasteiger partial charge < -0.3 is 5.32 Å². The number of aromatic nitrogens is 1. The molecule has 0 atom stereocenters. The highest BCUT2D eigenvalue weighted by atomic mass is 35.5. The van der Waals surface area contributed by atoms with Gasteiger partial charge in [0, 0.05) is 29.0 Å². The van der Waals surface area contributed by atoms with Crippen LogP contribution >= 0.6 is 22.9 Å². The van der Waals surface area contributed by atoms with Crippen LogP contribution in [0.15, 0.2) is 84.9 Å². The maximum atomic E-state index is 12.5. The highest BCUT2D eigenvalue weighted by molar-refractivity contribution is 7.19. The van der Waals surface area contributed by atoms with E-state index in [1.807, 2.05) is 72.8 Å². The van der Waals surface area contributed by atoms with E-state index in [9.17, 15) is 9.59 Å². The van der Waals surface area contributed by atoms with Gasteiger partial charge >= 0.3 is 0 Å². The number of rotatable bonds is 7. The van der Waals surface area contributed by atoms with Crippen molar-refractivity contribution < 1.29 is 9.59 Å². The van der Waals surface area contributed by atoms with Crippen molar-refractivity contribution in [1.82, 2.24) is 4.98 Å². The van der Waals surface area contributed by atoms with Gasteiger partial charge in [-0.15, -0.1) is 0 Å². The van der Waals surface area contributed by atoms with Crippen molar-refractivity contribution in [3.05, 3.63) is 95.5 Å². The molecule has 0 saturated heterocycles. The molecule has 154 valence electrons. The van der Waals surface area contributed by atoms with E-state index < -0.39 is 0 Å². The van der Waals surface area contributed by atoms with Crippen LogP contribution in [-0.4, -0.2) is 16.7 Å². The standard InChI is InChI=1S/C25H19ClN2O2S/c26-20-13-11-19(12-14-20)24-23(18-9-5-2-6-10-18)28-25(31-24)27-22(30)16-15-21(29)17-7-3-1-4-8-17/h1-14H,15-16H2,(H,27,28,30). The molecule has 0 fully saturated rings. The van der Waals surface area contributed by atoms with E-state index in [4.69, 9.17) is 11.6 Å². The van der Waals surface area contributed by atoms with Gasteiger partial charge in [-0.3, -0.25) is 9.59 Å². The van der Waals surface area contributed by atoms with Crippen LogP contribution in [0.25, 0.3) is 21.7 Å². The summed E-state index contributed by atoms with van der Waals surface area (Å²) in [6, 6.07) is 26.4. The van der Waals surface area contributed by atoms with Gasteiger partial charge in [0.2, 0.25) is 5.91 Å². The van der Waals surface area contributed by atoms with Crippen molar-refractivity contribution in [2.45, 2.75) is 12.8 Å². The largest absolute Gasteiger partial charge is 0.302 e. The molecule has 3 aromatic carbocycles. The summed E-state index contributed by atoms with van der Waals surface area (Å²) < 4.78 is 0. The molecule has 6 heteroatoms. The number of nitrogens with one attached hydrogen (secondary N) is 1. The first-order chi connectivity index (χ1) is 15.1. The maximum absolute atomic E-state index is 12.5. The molecule has 4 rings (SSSR count). The van der Waals surface area contributed by atoms with E-state index in [0.29, 0.717) is 15.7 Å². The number of hydrogen-bond acceptors (Lipinski definition) is 4. The van der Waals surface area contributed by atoms with E-state index in [0.717, 1.165) is 21.7 Å². The van der Waals surface area contributed by atoms with E-state index in [-0.39, 0.29) is 24.5 Å². The number of nitrogens with zero attached hydrogens (tertiary/aromatic N) is 1. The van der Waals surface area contributed by atoms with E-state index in [1.54, 1.807) is 12.1 Å². The number of thiazole rings is 1. The van der Waals surface area contributed by atoms with Gasteiger partial charge in [-0.05, 0) is 17.7 Å². The summed E-state index contributed by atoms with van der Waals surface area (Å²) in [5, 5.41) is 4.01. The first-order valence-corrected chi connectivity index (χ1v) is 11.0. The van der Waals surface area contributed by atoms with Crippen molar-refractivity contribution in [3.63, 3.8) is 0 Å². The van der Waals surface area contributed by atoms with Gasteiger partial charge in [0.1, 0.15) is 0 Å². The number of halogens is 1. The highest BCUT2D eigenvalue weighted by Crippen LogP contribution is 2.39. The Morgan fingerprint density at radius 3 is 2.13 bits per heavy atom. The Kier molecular flexibility index (Phi) is 6.55. The Labute approximate surface area is 189 Å². The van der Waals surface area contributed by atoms with Crippen LogP contribution in [-0.2, 0) is 4.79 Å². The summed E-state index contributed by atoms with van der Waals surface area (Å²) in [5.41, 5.74) is 3.34. The molecule has 0 bridgehead atoms. The van der Waals surface area contributed by atoms with Crippen LogP contribution in [0, 0.1) is 0 Å². The predicted octanol–water partition coefficient (Wildman–Crippen LogP) is 6.73. The van der Waals surface area contributed by atoms with Crippen LogP contribution in [0.3, 0.4) is 0 Å². The molecule has 0 unspecified atom stereocenters. The molecule has 31 heavy (non-hydrogen) atoms. The number of ketones is 1. The van der Waals surface area contributed by atoms with E-state index >= 15 is 0 Å². The van der Waals surface area contributed by atoms with Crippen molar-refractivity contribution in [1.29, 1.82) is 0 Å². The lowest BCUT2D eigenvalue weighted by molar-refractivity contribution is -0.116. The minimum absolute atomic E-state index is 0.0540. The minimum Gasteiger partial charge on any atom is -0.302 e. The predicted molar refractivity (Wildman–Crippen MR) is 127 cm³/mol. The van der Waals surface area contributed by atoms with Crippen molar-refractivity contribution in [3.8, 4) is 21.7 Å². The van der Waals surface area contributed by atoms with Gasteiger partial charge in [-0.2, -0.15) is 0 Å². The Balaban J connectivity index is 1.52. The van der Waals surface area contributed by atoms with Crippen molar-refractivity contribution >= 4 is 39.8 Å². The Morgan fingerprint density at radius 1 is 0.806 bits per heavy atom. The average Bonchev–Trinajstić information content (AvgIpc) is 3.22. The van der Waals surface area contributed by atoms with Crippen molar-refractivity contribution in [2.75, 3.05) is 5.32 Å². The topological polar surface area (TPSA) is 59.1 Å². The lowest BCUT2D eigenvalue weighted by Crippen LogP contribution is -2.13. The van der Waals surface area contributed by atoms with Crippen LogP contribution in [0.2, 0.25) is 5.02 Å². The first kappa shape index (κ1) is 21.0. The van der Waals surface area contributed by atoms with Gasteiger partial charge in [0.25, 0.3) is 0 Å². The third-order valence-electron chi connectivity index (χ3n) is 4.70. The molecule has 0 aliphatic rings. The number of carbonyl (C=O) groups excluding carboxylic acids is 2. The summed E-state index contributed by atoms with van der Waals surface area (Å²) in [5.74, 6) is -0.290. The lowest BCUT2D eigenvalue weighted by Gasteiger charge is -2.02. The van der Waals surface area contributed by atoms with Crippen molar-refractivity contribution in [2.24, 2.45) is 0 Å². The summed E-state index contributed by atoms with van der Waals surface area (Å²) in [6.45, 7) is 0. The molecule has 1 aromatic heterocycles. The zero-order chi connectivity index (χ0) is 21.6. The first-order valence-electron chi connectivity index (χ1n) is 9.80. The molecule has 0 saturated carbocycles. The monoisotopic (exact) mass is 446 g/mol. The van der Waals surface area contributed by atoms with Gasteiger partial charge in [0.15, 0.2) is 10.9 Å². The molecular formula is C25H19ClN2O2S. The molecule has 1 amide bonds. The fourth-order valence-electron chi connectivity index (χ4n) is 3.14. The number of anilines is 1. The fraction of sp³-hybridized carbons (Fsp3) is 0.0800.